The highest BCUT2D eigenvalue weighted by molar-refractivity contribution is 5.67. The van der Waals surface area contributed by atoms with E-state index in [0.29, 0.717) is 5.56 Å². The lowest BCUT2D eigenvalue weighted by Gasteiger charge is -2.08. The van der Waals surface area contributed by atoms with Gasteiger partial charge in [0.15, 0.2) is 0 Å². The van der Waals surface area contributed by atoms with Gasteiger partial charge < -0.3 is 10.5 Å². The first-order chi connectivity index (χ1) is 8.11. The van der Waals surface area contributed by atoms with Gasteiger partial charge in [0, 0.05) is 18.3 Å². The molecule has 0 saturated heterocycles. The summed E-state index contributed by atoms with van der Waals surface area (Å²) >= 11 is 0. The van der Waals surface area contributed by atoms with Gasteiger partial charge in [-0.15, -0.1) is 0 Å². The number of rotatable bonds is 2. The lowest BCUT2D eigenvalue weighted by atomic mass is 10.1. The van der Waals surface area contributed by atoms with Crippen LogP contribution in [0.1, 0.15) is 0 Å². The number of nitrogen functional groups attached to an aromatic ring is 1. The Kier molecular flexibility index (Phi) is 2.91. The zero-order valence-corrected chi connectivity index (χ0v) is 9.08. The van der Waals surface area contributed by atoms with Gasteiger partial charge >= 0.3 is 0 Å². The van der Waals surface area contributed by atoms with E-state index in [0.717, 1.165) is 12.1 Å². The second-order valence-electron chi connectivity index (χ2n) is 3.44. The van der Waals surface area contributed by atoms with Crippen LogP contribution in [0.15, 0.2) is 30.5 Å². The molecule has 1 aromatic carbocycles. The maximum absolute atomic E-state index is 13.7. The predicted molar refractivity (Wildman–Crippen MR) is 60.6 cm³/mol. The maximum atomic E-state index is 13.7. The normalized spacial score (nSPS) is 10.3. The molecular weight excluding hydrogens is 226 g/mol. The van der Waals surface area contributed by atoms with Crippen LogP contribution in [0.3, 0.4) is 0 Å². The van der Waals surface area contributed by atoms with Crippen molar-refractivity contribution in [3.63, 3.8) is 0 Å². The number of hydrogen-bond donors (Lipinski definition) is 1. The van der Waals surface area contributed by atoms with Crippen LogP contribution in [0.2, 0.25) is 0 Å². The van der Waals surface area contributed by atoms with E-state index in [4.69, 9.17) is 10.5 Å². The van der Waals surface area contributed by atoms with Gasteiger partial charge in [-0.1, -0.05) is 0 Å². The summed E-state index contributed by atoms with van der Waals surface area (Å²) < 4.78 is 32.2. The number of methoxy groups -OCH3 is 1. The lowest BCUT2D eigenvalue weighted by Crippen LogP contribution is -1.95. The van der Waals surface area contributed by atoms with Gasteiger partial charge in [0.2, 0.25) is 0 Å². The van der Waals surface area contributed by atoms with E-state index in [1.807, 2.05) is 0 Å². The van der Waals surface area contributed by atoms with E-state index >= 15 is 0 Å². The summed E-state index contributed by atoms with van der Waals surface area (Å²) in [4.78, 5) is 3.77. The maximum Gasteiger partial charge on any atom is 0.137 e. The Labute approximate surface area is 96.9 Å². The molecule has 0 bridgehead atoms. The van der Waals surface area contributed by atoms with Crippen LogP contribution in [0, 0.1) is 11.6 Å². The van der Waals surface area contributed by atoms with Crippen molar-refractivity contribution in [2.24, 2.45) is 0 Å². The van der Waals surface area contributed by atoms with Crippen molar-refractivity contribution >= 4 is 5.82 Å². The summed E-state index contributed by atoms with van der Waals surface area (Å²) in [6, 6.07) is 5.14. The molecule has 0 unspecified atom stereocenters. The molecule has 0 aliphatic rings. The van der Waals surface area contributed by atoms with Crippen molar-refractivity contribution in [1.29, 1.82) is 0 Å². The molecule has 0 aliphatic heterocycles. The second kappa shape index (κ2) is 4.37. The van der Waals surface area contributed by atoms with E-state index in [9.17, 15) is 8.78 Å². The number of hydrogen-bond acceptors (Lipinski definition) is 3. The predicted octanol–water partition coefficient (Wildman–Crippen LogP) is 2.62. The number of ether oxygens (including phenoxy) is 1. The minimum absolute atomic E-state index is 0.130. The first-order valence-corrected chi connectivity index (χ1v) is 4.86. The molecule has 0 aliphatic carbocycles. The fourth-order valence-corrected chi connectivity index (χ4v) is 1.55. The van der Waals surface area contributed by atoms with Gasteiger partial charge in [0.05, 0.1) is 12.7 Å². The summed E-state index contributed by atoms with van der Waals surface area (Å²) in [5.41, 5.74) is 5.68. The third kappa shape index (κ3) is 2.18. The third-order valence-corrected chi connectivity index (χ3v) is 2.32. The standard InChI is InChI=1S/C12H10F2N2O/c1-17-8-5-9(13)12(10(14)6-8)7-2-3-16-11(15)4-7/h2-6H,1H3,(H2,15,16). The van der Waals surface area contributed by atoms with Crippen LogP contribution in [-0.4, -0.2) is 12.1 Å². The highest BCUT2D eigenvalue weighted by Crippen LogP contribution is 2.29. The molecule has 0 amide bonds. The van der Waals surface area contributed by atoms with Gasteiger partial charge in [0.1, 0.15) is 23.2 Å². The van der Waals surface area contributed by atoms with Crippen molar-refractivity contribution < 1.29 is 13.5 Å². The molecule has 0 fully saturated rings. The van der Waals surface area contributed by atoms with E-state index in [1.54, 1.807) is 0 Å². The van der Waals surface area contributed by atoms with Crippen molar-refractivity contribution in [2.75, 3.05) is 12.8 Å². The Morgan fingerprint density at radius 1 is 1.18 bits per heavy atom. The fraction of sp³-hybridized carbons (Fsp3) is 0.0833. The largest absolute Gasteiger partial charge is 0.497 e. The first-order valence-electron chi connectivity index (χ1n) is 4.86. The first kappa shape index (κ1) is 11.3. The van der Waals surface area contributed by atoms with Crippen LogP contribution in [-0.2, 0) is 0 Å². The second-order valence-corrected chi connectivity index (χ2v) is 3.44. The Hall–Kier alpha value is -2.17. The molecular formula is C12H10F2N2O. The average Bonchev–Trinajstić information content (AvgIpc) is 2.28. The summed E-state index contributed by atoms with van der Waals surface area (Å²) in [5, 5.41) is 0. The van der Waals surface area contributed by atoms with Crippen molar-refractivity contribution in [3.8, 4) is 16.9 Å². The van der Waals surface area contributed by atoms with Crippen molar-refractivity contribution in [3.05, 3.63) is 42.1 Å². The van der Waals surface area contributed by atoms with Crippen molar-refractivity contribution in [1.82, 2.24) is 4.98 Å². The zero-order valence-electron chi connectivity index (χ0n) is 9.08. The number of nitrogens with two attached hydrogens (primary N) is 1. The minimum atomic E-state index is -0.701. The van der Waals surface area contributed by atoms with Gasteiger partial charge in [-0.25, -0.2) is 13.8 Å². The lowest BCUT2D eigenvalue weighted by molar-refractivity contribution is 0.407. The fourth-order valence-electron chi connectivity index (χ4n) is 1.55. The van der Waals surface area contributed by atoms with E-state index in [2.05, 4.69) is 4.98 Å². The number of anilines is 1. The Bertz CT molecular complexity index is 535. The molecule has 0 spiro atoms. The highest BCUT2D eigenvalue weighted by Gasteiger charge is 2.13. The summed E-state index contributed by atoms with van der Waals surface area (Å²) in [6.07, 6.45) is 1.40. The summed E-state index contributed by atoms with van der Waals surface area (Å²) in [7, 11) is 1.35. The van der Waals surface area contributed by atoms with E-state index < -0.39 is 11.6 Å². The number of nitrogens with zero attached hydrogens (tertiary/aromatic N) is 1. The molecule has 0 radical (unpaired) electrons. The Balaban J connectivity index is 2.60. The van der Waals surface area contributed by atoms with Crippen LogP contribution < -0.4 is 10.5 Å². The van der Waals surface area contributed by atoms with E-state index in [-0.39, 0.29) is 17.1 Å². The van der Waals surface area contributed by atoms with Crippen LogP contribution >= 0.6 is 0 Å². The number of benzene rings is 1. The molecule has 0 saturated carbocycles. The monoisotopic (exact) mass is 236 g/mol. The topological polar surface area (TPSA) is 48.1 Å². The molecule has 3 nitrogen and oxygen atoms in total. The number of aromatic nitrogens is 1. The quantitative estimate of drug-likeness (QED) is 0.871. The van der Waals surface area contributed by atoms with Crippen LogP contribution in [0.25, 0.3) is 11.1 Å². The molecule has 1 heterocycles. The Morgan fingerprint density at radius 2 is 1.82 bits per heavy atom. The SMILES string of the molecule is COc1cc(F)c(-c2ccnc(N)c2)c(F)c1. The number of pyridine rings is 1. The molecule has 88 valence electrons. The van der Waals surface area contributed by atoms with Crippen LogP contribution in [0.4, 0.5) is 14.6 Å². The third-order valence-electron chi connectivity index (χ3n) is 2.32. The number of halogens is 2. The minimum Gasteiger partial charge on any atom is -0.497 e. The van der Waals surface area contributed by atoms with E-state index in [1.165, 1.54) is 25.4 Å². The molecule has 17 heavy (non-hydrogen) atoms. The molecule has 0 atom stereocenters. The smallest absolute Gasteiger partial charge is 0.137 e. The van der Waals surface area contributed by atoms with Gasteiger partial charge in [0.25, 0.3) is 0 Å². The van der Waals surface area contributed by atoms with Gasteiger partial charge in [-0.2, -0.15) is 0 Å². The Morgan fingerprint density at radius 3 is 2.35 bits per heavy atom. The summed E-state index contributed by atoms with van der Waals surface area (Å²) in [6.45, 7) is 0. The summed E-state index contributed by atoms with van der Waals surface area (Å²) in [5.74, 6) is -1.07. The van der Waals surface area contributed by atoms with Gasteiger partial charge in [-0.05, 0) is 17.7 Å². The molecule has 1 aromatic heterocycles. The molecule has 2 aromatic rings. The highest BCUT2D eigenvalue weighted by atomic mass is 19.1. The zero-order chi connectivity index (χ0) is 12.4. The average molecular weight is 236 g/mol. The molecule has 2 rings (SSSR count). The van der Waals surface area contributed by atoms with Crippen molar-refractivity contribution in [2.45, 2.75) is 0 Å². The molecule has 5 heteroatoms. The molecule has 2 N–H and O–H groups in total. The van der Waals surface area contributed by atoms with Gasteiger partial charge in [-0.3, -0.25) is 0 Å². The van der Waals surface area contributed by atoms with Crippen LogP contribution in [0.5, 0.6) is 5.75 Å².